The van der Waals surface area contributed by atoms with Crippen LogP contribution >= 0.6 is 0 Å². The molecule has 8 nitrogen and oxygen atoms in total. The molecule has 1 aromatic carbocycles. The number of amides is 1. The van der Waals surface area contributed by atoms with Crippen LogP contribution in [-0.2, 0) is 0 Å². The minimum atomic E-state index is -0.712. The average Bonchev–Trinajstić information content (AvgIpc) is 2.74. The number of hydrogen-bond donors (Lipinski definition) is 0. The number of likely N-dealkylation sites (tertiary alicyclic amines) is 1. The maximum Gasteiger partial charge on any atom is 0.277 e. The van der Waals surface area contributed by atoms with Crippen LogP contribution in [0.4, 0.5) is 11.4 Å². The number of carbonyl (C=O) groups excluding carboxylic acids is 1. The Labute approximate surface area is 145 Å². The van der Waals surface area contributed by atoms with Gasteiger partial charge in [-0.3, -0.25) is 25.0 Å². The predicted octanol–water partition coefficient (Wildman–Crippen LogP) is 3.54. The molecule has 3 rings (SSSR count). The maximum absolute atomic E-state index is 13.0. The van der Waals surface area contributed by atoms with Crippen LogP contribution in [0.1, 0.15) is 50.4 Å². The van der Waals surface area contributed by atoms with Gasteiger partial charge in [-0.2, -0.15) is 0 Å². The van der Waals surface area contributed by atoms with Gasteiger partial charge in [-0.25, -0.2) is 0 Å². The molecular weight excluding hydrogens is 326 g/mol. The van der Waals surface area contributed by atoms with Gasteiger partial charge in [0.25, 0.3) is 17.3 Å². The highest BCUT2D eigenvalue weighted by atomic mass is 16.6. The minimum absolute atomic E-state index is 0.00913. The highest BCUT2D eigenvalue weighted by Gasteiger charge is 2.51. The fourth-order valence-electron chi connectivity index (χ4n) is 4.79. The Morgan fingerprint density at radius 2 is 1.64 bits per heavy atom. The molecule has 1 saturated heterocycles. The van der Waals surface area contributed by atoms with Gasteiger partial charge in [0, 0.05) is 24.7 Å². The smallest absolute Gasteiger partial charge is 0.277 e. The maximum atomic E-state index is 13.0. The zero-order chi connectivity index (χ0) is 18.6. The predicted molar refractivity (Wildman–Crippen MR) is 90.3 cm³/mol. The van der Waals surface area contributed by atoms with Crippen LogP contribution < -0.4 is 0 Å². The van der Waals surface area contributed by atoms with E-state index in [1.165, 1.54) is 0 Å². The van der Waals surface area contributed by atoms with Crippen LogP contribution in [-0.4, -0.2) is 33.2 Å². The Morgan fingerprint density at radius 3 is 2.16 bits per heavy atom. The molecule has 2 fully saturated rings. The van der Waals surface area contributed by atoms with Crippen molar-refractivity contribution in [2.24, 2.45) is 10.8 Å². The molecule has 0 radical (unpaired) electrons. The molecule has 1 saturated carbocycles. The summed E-state index contributed by atoms with van der Waals surface area (Å²) in [5, 5.41) is 22.1. The first-order valence-electron chi connectivity index (χ1n) is 8.25. The first kappa shape index (κ1) is 17.3. The molecule has 0 unspecified atom stereocenters. The second-order valence-electron chi connectivity index (χ2n) is 8.40. The van der Waals surface area contributed by atoms with E-state index in [1.54, 1.807) is 4.90 Å². The van der Waals surface area contributed by atoms with E-state index in [2.05, 4.69) is 20.8 Å². The highest BCUT2D eigenvalue weighted by molar-refractivity contribution is 5.96. The molecule has 1 amide bonds. The van der Waals surface area contributed by atoms with Crippen LogP contribution in [0.2, 0.25) is 0 Å². The molecule has 2 aliphatic rings. The number of nitrogens with zero attached hydrogens (tertiary/aromatic N) is 3. The topological polar surface area (TPSA) is 107 Å². The number of nitro benzene ring substituents is 2. The van der Waals surface area contributed by atoms with Crippen LogP contribution in [0.3, 0.4) is 0 Å². The summed E-state index contributed by atoms with van der Waals surface area (Å²) in [5.41, 5.74) is -0.719. The summed E-state index contributed by atoms with van der Waals surface area (Å²) in [4.78, 5) is 35.4. The third kappa shape index (κ3) is 3.20. The summed E-state index contributed by atoms with van der Waals surface area (Å²) in [6, 6.07) is 3.21. The van der Waals surface area contributed by atoms with E-state index in [4.69, 9.17) is 0 Å². The van der Waals surface area contributed by atoms with Crippen molar-refractivity contribution < 1.29 is 14.6 Å². The largest absolute Gasteiger partial charge is 0.335 e. The molecule has 0 N–H and O–H groups in total. The van der Waals surface area contributed by atoms with Crippen molar-refractivity contribution in [3.8, 4) is 0 Å². The summed E-state index contributed by atoms with van der Waals surface area (Å²) < 4.78 is 0. The number of non-ortho nitro benzene ring substituents is 2. The van der Waals surface area contributed by atoms with Crippen molar-refractivity contribution in [3.05, 3.63) is 44.0 Å². The van der Waals surface area contributed by atoms with Gasteiger partial charge in [-0.05, 0) is 30.1 Å². The van der Waals surface area contributed by atoms with Crippen molar-refractivity contribution >= 4 is 17.3 Å². The monoisotopic (exact) mass is 347 g/mol. The molecule has 1 aliphatic heterocycles. The van der Waals surface area contributed by atoms with E-state index >= 15 is 0 Å². The minimum Gasteiger partial charge on any atom is -0.335 e. The lowest BCUT2D eigenvalue weighted by molar-refractivity contribution is -0.394. The van der Waals surface area contributed by atoms with Gasteiger partial charge in [0.1, 0.15) is 0 Å². The van der Waals surface area contributed by atoms with Crippen LogP contribution in [0.25, 0.3) is 0 Å². The van der Waals surface area contributed by atoms with E-state index in [9.17, 15) is 25.0 Å². The van der Waals surface area contributed by atoms with Gasteiger partial charge < -0.3 is 4.90 Å². The highest BCUT2D eigenvalue weighted by Crippen LogP contribution is 2.52. The van der Waals surface area contributed by atoms with E-state index in [1.807, 2.05) is 0 Å². The number of fused-ring (bicyclic) bond motifs is 2. The molecule has 0 spiro atoms. The van der Waals surface area contributed by atoms with Crippen molar-refractivity contribution in [3.63, 3.8) is 0 Å². The molecule has 0 aromatic heterocycles. The summed E-state index contributed by atoms with van der Waals surface area (Å²) in [5.74, 6) is -0.363. The third-order valence-electron chi connectivity index (χ3n) is 5.25. The fraction of sp³-hybridized carbons (Fsp3) is 0.588. The third-order valence-corrected chi connectivity index (χ3v) is 5.25. The molecular formula is C17H21N3O5. The van der Waals surface area contributed by atoms with E-state index in [0.29, 0.717) is 6.54 Å². The summed E-state index contributed by atoms with van der Waals surface area (Å²) in [6.45, 7) is 7.10. The molecule has 1 aliphatic carbocycles. The number of carbonyl (C=O) groups is 1. The standard InChI is InChI=1S/C17H21N3O5/c1-16(2)7-14-8-17(3,9-16)10-18(14)15(21)11-4-12(19(22)23)6-13(5-11)20(24)25/h4-6,14H,7-10H2,1-3H3/t14-,17+/m1/s1. The molecule has 134 valence electrons. The zero-order valence-electron chi connectivity index (χ0n) is 14.5. The van der Waals surface area contributed by atoms with Crippen LogP contribution in [0.5, 0.6) is 0 Å². The van der Waals surface area contributed by atoms with Crippen molar-refractivity contribution in [1.82, 2.24) is 4.90 Å². The van der Waals surface area contributed by atoms with Gasteiger partial charge in [0.2, 0.25) is 0 Å². The lowest BCUT2D eigenvalue weighted by Gasteiger charge is -2.39. The van der Waals surface area contributed by atoms with Gasteiger partial charge >= 0.3 is 0 Å². The Kier molecular flexibility index (Phi) is 3.81. The number of hydrogen-bond acceptors (Lipinski definition) is 5. The SMILES string of the molecule is CC1(C)C[C@@H]2C[C@](C)(CN2C(=O)c2cc([N+](=O)[O-])cc([N+](=O)[O-])c2)C1. The number of benzene rings is 1. The van der Waals surface area contributed by atoms with Gasteiger partial charge in [0.05, 0.1) is 21.5 Å². The average molecular weight is 347 g/mol. The summed E-state index contributed by atoms with van der Waals surface area (Å²) in [7, 11) is 0. The molecule has 1 heterocycles. The quantitative estimate of drug-likeness (QED) is 0.614. The van der Waals surface area contributed by atoms with Crippen LogP contribution in [0, 0.1) is 31.1 Å². The summed E-state index contributed by atoms with van der Waals surface area (Å²) in [6.07, 6.45) is 2.78. The van der Waals surface area contributed by atoms with E-state index in [0.717, 1.165) is 37.5 Å². The fourth-order valence-corrected chi connectivity index (χ4v) is 4.79. The van der Waals surface area contributed by atoms with E-state index in [-0.39, 0.29) is 28.3 Å². The number of rotatable bonds is 3. The van der Waals surface area contributed by atoms with Gasteiger partial charge in [-0.1, -0.05) is 20.8 Å². The molecule has 2 atom stereocenters. The Balaban J connectivity index is 1.96. The van der Waals surface area contributed by atoms with Crippen molar-refractivity contribution in [2.75, 3.05) is 6.54 Å². The molecule has 2 bridgehead atoms. The molecule has 25 heavy (non-hydrogen) atoms. The second kappa shape index (κ2) is 5.50. The van der Waals surface area contributed by atoms with Gasteiger partial charge in [0.15, 0.2) is 0 Å². The Morgan fingerprint density at radius 1 is 1.08 bits per heavy atom. The first-order chi connectivity index (χ1) is 11.5. The van der Waals surface area contributed by atoms with Gasteiger partial charge in [-0.15, -0.1) is 0 Å². The normalized spacial score (nSPS) is 27.2. The lowest BCUT2D eigenvalue weighted by Crippen LogP contribution is -2.37. The first-order valence-corrected chi connectivity index (χ1v) is 8.25. The zero-order valence-corrected chi connectivity index (χ0v) is 14.5. The number of nitro groups is 2. The van der Waals surface area contributed by atoms with Crippen LogP contribution in [0.15, 0.2) is 18.2 Å². The van der Waals surface area contributed by atoms with Crippen molar-refractivity contribution in [2.45, 2.75) is 46.1 Å². The Hall–Kier alpha value is -2.51. The van der Waals surface area contributed by atoms with Crippen molar-refractivity contribution in [1.29, 1.82) is 0 Å². The lowest BCUT2D eigenvalue weighted by atomic mass is 9.65. The Bertz CT molecular complexity index is 743. The second-order valence-corrected chi connectivity index (χ2v) is 8.40. The van der Waals surface area contributed by atoms with E-state index < -0.39 is 21.2 Å². The summed E-state index contributed by atoms with van der Waals surface area (Å²) >= 11 is 0. The molecule has 1 aromatic rings. The molecule has 8 heteroatoms.